The number of thiazole rings is 1. The molecule has 0 amide bonds. The summed E-state index contributed by atoms with van der Waals surface area (Å²) in [6.07, 6.45) is 2.38. The van der Waals surface area contributed by atoms with E-state index >= 15 is 0 Å². The number of para-hydroxylation sites is 1. The van der Waals surface area contributed by atoms with Crippen LogP contribution in [0.25, 0.3) is 5.69 Å². The fourth-order valence-corrected chi connectivity index (χ4v) is 4.50. The zero-order valence-corrected chi connectivity index (χ0v) is 15.3. The normalized spacial score (nSPS) is 14.5. The first-order chi connectivity index (χ1) is 11.8. The molecule has 0 bridgehead atoms. The molecule has 0 N–H and O–H groups in total. The van der Waals surface area contributed by atoms with Crippen LogP contribution in [0.15, 0.2) is 40.3 Å². The third kappa shape index (κ3) is 3.16. The zero-order chi connectivity index (χ0) is 16.4. The molecule has 5 nitrogen and oxygen atoms in total. The first-order valence-electron chi connectivity index (χ1n) is 7.78. The van der Waals surface area contributed by atoms with Gasteiger partial charge in [0.15, 0.2) is 5.16 Å². The van der Waals surface area contributed by atoms with E-state index in [0.29, 0.717) is 5.02 Å². The van der Waals surface area contributed by atoms with Crippen LogP contribution < -0.4 is 4.90 Å². The third-order valence-electron chi connectivity index (χ3n) is 3.93. The van der Waals surface area contributed by atoms with Gasteiger partial charge in [-0.3, -0.25) is 4.57 Å². The number of rotatable bonds is 5. The highest BCUT2D eigenvalue weighted by atomic mass is 35.5. The van der Waals surface area contributed by atoms with Crippen LogP contribution in [0, 0.1) is 0 Å². The largest absolute Gasteiger partial charge is 0.341 e. The number of hydrogen-bond acceptors (Lipinski definition) is 6. The molecule has 0 aliphatic carbocycles. The molecule has 0 unspecified atom stereocenters. The standard InChI is InChI=1S/C16H16ClN5S2/c17-13-5-1-2-6-14(13)22-15(21-7-3-4-8-21)19-20-16(22)24-10-12-9-23-11-18-12/h1-2,5-6,9,11H,3-4,7-8,10H2. The number of hydrogen-bond donors (Lipinski definition) is 0. The Labute approximate surface area is 153 Å². The van der Waals surface area contributed by atoms with E-state index in [9.17, 15) is 0 Å². The van der Waals surface area contributed by atoms with Gasteiger partial charge in [0.25, 0.3) is 0 Å². The smallest absolute Gasteiger partial charge is 0.232 e. The molecular weight excluding hydrogens is 362 g/mol. The van der Waals surface area contributed by atoms with Crippen molar-refractivity contribution in [1.82, 2.24) is 19.7 Å². The van der Waals surface area contributed by atoms with Gasteiger partial charge in [-0.2, -0.15) is 0 Å². The van der Waals surface area contributed by atoms with Gasteiger partial charge in [-0.15, -0.1) is 21.5 Å². The van der Waals surface area contributed by atoms with Crippen LogP contribution in [0.5, 0.6) is 0 Å². The van der Waals surface area contributed by atoms with E-state index in [2.05, 4.69) is 30.0 Å². The summed E-state index contributed by atoms with van der Waals surface area (Å²) in [4.78, 5) is 6.62. The van der Waals surface area contributed by atoms with Gasteiger partial charge in [-0.1, -0.05) is 35.5 Å². The molecule has 1 aliphatic heterocycles. The lowest BCUT2D eigenvalue weighted by Gasteiger charge is -2.19. The lowest BCUT2D eigenvalue weighted by atomic mass is 10.3. The second-order valence-corrected chi connectivity index (χ2v) is 7.60. The number of aromatic nitrogens is 4. The molecule has 0 atom stereocenters. The molecule has 3 heterocycles. The van der Waals surface area contributed by atoms with Gasteiger partial charge in [0, 0.05) is 24.2 Å². The topological polar surface area (TPSA) is 46.8 Å². The fourth-order valence-electron chi connectivity index (χ4n) is 2.77. The van der Waals surface area contributed by atoms with E-state index in [0.717, 1.165) is 41.3 Å². The highest BCUT2D eigenvalue weighted by molar-refractivity contribution is 7.98. The molecule has 8 heteroatoms. The Hall–Kier alpha value is -1.57. The van der Waals surface area contributed by atoms with Gasteiger partial charge in [0.05, 0.1) is 21.9 Å². The SMILES string of the molecule is Clc1ccccc1-n1c(SCc2cscn2)nnc1N1CCCC1. The second-order valence-electron chi connectivity index (χ2n) is 5.53. The Balaban J connectivity index is 1.71. The summed E-state index contributed by atoms with van der Waals surface area (Å²) in [5.41, 5.74) is 3.83. The maximum atomic E-state index is 6.45. The number of anilines is 1. The number of thioether (sulfide) groups is 1. The molecule has 124 valence electrons. The van der Waals surface area contributed by atoms with Crippen molar-refractivity contribution in [3.63, 3.8) is 0 Å². The van der Waals surface area contributed by atoms with Crippen molar-refractivity contribution in [2.24, 2.45) is 0 Å². The maximum Gasteiger partial charge on any atom is 0.232 e. The van der Waals surface area contributed by atoms with E-state index in [-0.39, 0.29) is 0 Å². The summed E-state index contributed by atoms with van der Waals surface area (Å²) in [5, 5.41) is 12.5. The second kappa shape index (κ2) is 7.13. The summed E-state index contributed by atoms with van der Waals surface area (Å²) < 4.78 is 2.07. The third-order valence-corrected chi connectivity index (χ3v) is 5.85. The molecule has 0 spiro atoms. The Kier molecular flexibility index (Phi) is 4.73. The molecule has 2 aromatic heterocycles. The minimum atomic E-state index is 0.702. The van der Waals surface area contributed by atoms with Crippen molar-refractivity contribution in [3.8, 4) is 5.69 Å². The predicted molar refractivity (Wildman–Crippen MR) is 99.5 cm³/mol. The molecule has 1 aliphatic rings. The Bertz CT molecular complexity index is 812. The molecular formula is C16H16ClN5S2. The average molecular weight is 378 g/mol. The summed E-state index contributed by atoms with van der Waals surface area (Å²) in [6.45, 7) is 2.03. The molecule has 0 radical (unpaired) electrons. The molecule has 1 saturated heterocycles. The van der Waals surface area contributed by atoms with Crippen LogP contribution in [0.1, 0.15) is 18.5 Å². The molecule has 1 aromatic carbocycles. The Morgan fingerprint density at radius 3 is 2.75 bits per heavy atom. The summed E-state index contributed by atoms with van der Waals surface area (Å²) in [5.74, 6) is 1.65. The lowest BCUT2D eigenvalue weighted by Crippen LogP contribution is -2.22. The quantitative estimate of drug-likeness (QED) is 0.621. The summed E-state index contributed by atoms with van der Waals surface area (Å²) in [7, 11) is 0. The predicted octanol–water partition coefficient (Wildman–Crippen LogP) is 4.27. The van der Waals surface area contributed by atoms with Crippen LogP contribution in [-0.2, 0) is 5.75 Å². The van der Waals surface area contributed by atoms with E-state index in [1.807, 2.05) is 29.8 Å². The van der Waals surface area contributed by atoms with Crippen molar-refractivity contribution in [1.29, 1.82) is 0 Å². The van der Waals surface area contributed by atoms with Gasteiger partial charge in [0.1, 0.15) is 0 Å². The lowest BCUT2D eigenvalue weighted by molar-refractivity contribution is 0.841. The van der Waals surface area contributed by atoms with E-state index < -0.39 is 0 Å². The molecule has 4 rings (SSSR count). The van der Waals surface area contributed by atoms with E-state index in [4.69, 9.17) is 11.6 Å². The Morgan fingerprint density at radius 2 is 2.00 bits per heavy atom. The molecule has 0 saturated carbocycles. The number of benzene rings is 1. The monoisotopic (exact) mass is 377 g/mol. The molecule has 1 fully saturated rings. The summed E-state index contributed by atoms with van der Waals surface area (Å²) in [6, 6.07) is 7.84. The van der Waals surface area contributed by atoms with Gasteiger partial charge < -0.3 is 4.90 Å². The maximum absolute atomic E-state index is 6.45. The highest BCUT2D eigenvalue weighted by Crippen LogP contribution is 2.32. The van der Waals surface area contributed by atoms with Crippen LogP contribution >= 0.6 is 34.7 Å². The summed E-state index contributed by atoms with van der Waals surface area (Å²) >= 11 is 9.69. The molecule has 3 aromatic rings. The first-order valence-corrected chi connectivity index (χ1v) is 10.1. The number of halogens is 1. The van der Waals surface area contributed by atoms with Crippen LogP contribution in [0.2, 0.25) is 5.02 Å². The van der Waals surface area contributed by atoms with Crippen molar-refractivity contribution >= 4 is 40.6 Å². The first kappa shape index (κ1) is 15.9. The molecule has 24 heavy (non-hydrogen) atoms. The van der Waals surface area contributed by atoms with Crippen molar-refractivity contribution in [2.75, 3.05) is 18.0 Å². The van der Waals surface area contributed by atoms with Gasteiger partial charge in [0.2, 0.25) is 5.95 Å². The fraction of sp³-hybridized carbons (Fsp3) is 0.312. The van der Waals surface area contributed by atoms with Gasteiger partial charge in [-0.25, -0.2) is 4.98 Å². The van der Waals surface area contributed by atoms with Crippen LogP contribution in [0.3, 0.4) is 0 Å². The van der Waals surface area contributed by atoms with Crippen LogP contribution in [-0.4, -0.2) is 32.8 Å². The minimum absolute atomic E-state index is 0.702. The van der Waals surface area contributed by atoms with Crippen molar-refractivity contribution in [2.45, 2.75) is 23.8 Å². The van der Waals surface area contributed by atoms with Crippen molar-refractivity contribution in [3.05, 3.63) is 45.9 Å². The van der Waals surface area contributed by atoms with E-state index in [1.54, 1.807) is 23.1 Å². The van der Waals surface area contributed by atoms with Crippen molar-refractivity contribution < 1.29 is 0 Å². The van der Waals surface area contributed by atoms with Gasteiger partial charge in [-0.05, 0) is 25.0 Å². The zero-order valence-electron chi connectivity index (χ0n) is 12.9. The van der Waals surface area contributed by atoms with Crippen LogP contribution in [0.4, 0.5) is 5.95 Å². The minimum Gasteiger partial charge on any atom is -0.341 e. The van der Waals surface area contributed by atoms with Gasteiger partial charge >= 0.3 is 0 Å². The number of nitrogens with zero attached hydrogens (tertiary/aromatic N) is 5. The highest BCUT2D eigenvalue weighted by Gasteiger charge is 2.23. The average Bonchev–Trinajstić information content (AvgIpc) is 3.34. The Morgan fingerprint density at radius 1 is 1.17 bits per heavy atom. The van der Waals surface area contributed by atoms with E-state index in [1.165, 1.54) is 12.8 Å².